The maximum absolute atomic E-state index is 13.1. The minimum absolute atomic E-state index is 0.217. The van der Waals surface area contributed by atoms with Gasteiger partial charge >= 0.3 is 5.97 Å². The van der Waals surface area contributed by atoms with Crippen LogP contribution < -0.4 is 5.32 Å². The van der Waals surface area contributed by atoms with Crippen LogP contribution in [0.2, 0.25) is 0 Å². The number of rotatable bonds is 5. The van der Waals surface area contributed by atoms with Gasteiger partial charge in [0.05, 0.1) is 0 Å². The van der Waals surface area contributed by atoms with Crippen molar-refractivity contribution < 1.29 is 19.2 Å². The van der Waals surface area contributed by atoms with Crippen LogP contribution in [-0.2, 0) is 16.0 Å². The first-order chi connectivity index (χ1) is 13.2. The highest BCUT2D eigenvalue weighted by Gasteiger charge is 2.69. The van der Waals surface area contributed by atoms with Gasteiger partial charge in [-0.3, -0.25) is 4.79 Å². The summed E-state index contributed by atoms with van der Waals surface area (Å²) in [5.41, 5.74) is 1.38. The zero-order valence-corrected chi connectivity index (χ0v) is 17.0. The van der Waals surface area contributed by atoms with Crippen molar-refractivity contribution in [1.29, 1.82) is 0 Å². The normalized spacial score (nSPS) is 28.0. The van der Waals surface area contributed by atoms with Crippen molar-refractivity contribution >= 4 is 29.3 Å². The SMILES string of the molecule is CCc1noc(-c2ccccc2)c1NC1(C)C(=O)N2[C@@H](C(=O)O)C(C)(C)S[C@@H]21. The molecule has 3 atom stereocenters. The van der Waals surface area contributed by atoms with E-state index in [9.17, 15) is 14.7 Å². The van der Waals surface area contributed by atoms with Gasteiger partial charge < -0.3 is 19.8 Å². The number of nitrogens with zero attached hydrogens (tertiary/aromatic N) is 2. The van der Waals surface area contributed by atoms with Gasteiger partial charge in [0.15, 0.2) is 5.76 Å². The van der Waals surface area contributed by atoms with Crippen molar-refractivity contribution in [3.63, 3.8) is 0 Å². The summed E-state index contributed by atoms with van der Waals surface area (Å²) in [6.07, 6.45) is 0.647. The lowest BCUT2D eigenvalue weighted by Gasteiger charge is -2.51. The van der Waals surface area contributed by atoms with Gasteiger partial charge in [-0.15, -0.1) is 11.8 Å². The average molecular weight is 401 g/mol. The molecule has 0 saturated carbocycles. The fourth-order valence-electron chi connectivity index (χ4n) is 4.08. The van der Waals surface area contributed by atoms with Gasteiger partial charge in [0.25, 0.3) is 5.91 Å². The fourth-order valence-corrected chi connectivity index (χ4v) is 5.72. The lowest BCUT2D eigenvalue weighted by Crippen LogP contribution is -2.75. The van der Waals surface area contributed by atoms with Crippen LogP contribution in [0.3, 0.4) is 0 Å². The number of benzene rings is 1. The quantitative estimate of drug-likeness (QED) is 0.743. The van der Waals surface area contributed by atoms with Gasteiger partial charge in [0, 0.05) is 10.3 Å². The molecule has 28 heavy (non-hydrogen) atoms. The molecule has 2 aliphatic rings. The minimum atomic E-state index is -0.973. The smallest absolute Gasteiger partial charge is 0.327 e. The third kappa shape index (κ3) is 2.54. The van der Waals surface area contributed by atoms with Crippen molar-refractivity contribution in [2.24, 2.45) is 0 Å². The van der Waals surface area contributed by atoms with Crippen molar-refractivity contribution in [2.45, 2.75) is 55.8 Å². The Bertz CT molecular complexity index is 942. The fraction of sp³-hybridized carbons (Fsp3) is 0.450. The number of fused-ring (bicyclic) bond motifs is 1. The first-order valence-electron chi connectivity index (χ1n) is 9.26. The van der Waals surface area contributed by atoms with Crippen molar-refractivity contribution in [2.75, 3.05) is 5.32 Å². The Morgan fingerprint density at radius 1 is 1.32 bits per heavy atom. The molecule has 0 bridgehead atoms. The molecule has 2 fully saturated rings. The van der Waals surface area contributed by atoms with E-state index >= 15 is 0 Å². The Labute approximate surface area is 167 Å². The highest BCUT2D eigenvalue weighted by Crippen LogP contribution is 2.56. The molecule has 0 spiro atoms. The summed E-state index contributed by atoms with van der Waals surface area (Å²) in [6.45, 7) is 7.54. The number of aliphatic carboxylic acids is 1. The third-order valence-corrected chi connectivity index (χ3v) is 7.28. The monoisotopic (exact) mass is 401 g/mol. The Kier molecular flexibility index (Phi) is 4.22. The van der Waals surface area contributed by atoms with E-state index in [1.54, 1.807) is 0 Å². The van der Waals surface area contributed by atoms with E-state index in [4.69, 9.17) is 4.52 Å². The molecule has 1 amide bonds. The van der Waals surface area contributed by atoms with E-state index in [1.165, 1.54) is 16.7 Å². The zero-order valence-electron chi connectivity index (χ0n) is 16.2. The Morgan fingerprint density at radius 3 is 2.61 bits per heavy atom. The van der Waals surface area contributed by atoms with Crippen LogP contribution in [0.15, 0.2) is 34.9 Å². The largest absolute Gasteiger partial charge is 0.480 e. The van der Waals surface area contributed by atoms with Crippen molar-refractivity contribution in [3.8, 4) is 11.3 Å². The third-order valence-electron chi connectivity index (χ3n) is 5.53. The van der Waals surface area contributed by atoms with E-state index in [2.05, 4.69) is 10.5 Å². The molecular weight excluding hydrogens is 378 g/mol. The average Bonchev–Trinajstić information content (AvgIpc) is 3.18. The van der Waals surface area contributed by atoms with Crippen LogP contribution in [0, 0.1) is 0 Å². The summed E-state index contributed by atoms with van der Waals surface area (Å²) in [4.78, 5) is 26.3. The molecule has 0 aliphatic carbocycles. The predicted octanol–water partition coefficient (Wildman–Crippen LogP) is 3.22. The molecule has 8 heteroatoms. The van der Waals surface area contributed by atoms with Gasteiger partial charge in [-0.05, 0) is 27.2 Å². The standard InChI is InChI=1S/C20H23N3O4S/c1-5-12-13(14(27-22-12)11-9-7-6-8-10-11)21-20(4)17(26)23-15(16(24)25)19(2,3)28-18(20)23/h6-10,15,18,21H,5H2,1-4H3,(H,24,25)/t15-,18+,20?/m0/s1. The molecule has 2 N–H and O–H groups in total. The molecule has 3 heterocycles. The number of anilines is 1. The molecular formula is C20H23N3O4S. The number of carbonyl (C=O) groups excluding carboxylic acids is 1. The molecule has 148 valence electrons. The number of β-lactam (4-membered cyclic amide) rings is 1. The van der Waals surface area contributed by atoms with E-state index in [0.29, 0.717) is 17.9 Å². The number of carbonyl (C=O) groups is 2. The molecule has 7 nitrogen and oxygen atoms in total. The Balaban J connectivity index is 1.70. The number of amides is 1. The van der Waals surface area contributed by atoms with Gasteiger partial charge in [0.1, 0.15) is 28.3 Å². The number of aryl methyl sites for hydroxylation is 1. The van der Waals surface area contributed by atoms with Gasteiger partial charge in [-0.2, -0.15) is 0 Å². The van der Waals surface area contributed by atoms with Crippen LogP contribution in [0.5, 0.6) is 0 Å². The maximum Gasteiger partial charge on any atom is 0.327 e. The van der Waals surface area contributed by atoms with E-state index in [-0.39, 0.29) is 11.3 Å². The number of aromatic nitrogens is 1. The maximum atomic E-state index is 13.1. The number of hydrogen-bond acceptors (Lipinski definition) is 6. The molecule has 1 unspecified atom stereocenters. The van der Waals surface area contributed by atoms with Gasteiger partial charge in [-0.1, -0.05) is 42.4 Å². The second-order valence-electron chi connectivity index (χ2n) is 7.91. The number of thioether (sulfide) groups is 1. The number of hydrogen-bond donors (Lipinski definition) is 2. The van der Waals surface area contributed by atoms with Crippen LogP contribution >= 0.6 is 11.8 Å². The molecule has 1 aromatic carbocycles. The summed E-state index contributed by atoms with van der Waals surface area (Å²) in [7, 11) is 0. The molecule has 2 aromatic rings. The van der Waals surface area contributed by atoms with Gasteiger partial charge in [-0.25, -0.2) is 4.79 Å². The summed E-state index contributed by atoms with van der Waals surface area (Å²) >= 11 is 1.51. The van der Waals surface area contributed by atoms with Crippen LogP contribution in [0.25, 0.3) is 11.3 Å². The number of carboxylic acid groups (broad SMARTS) is 1. The molecule has 4 rings (SSSR count). The van der Waals surface area contributed by atoms with Crippen molar-refractivity contribution in [3.05, 3.63) is 36.0 Å². The highest BCUT2D eigenvalue weighted by atomic mass is 32.2. The molecule has 2 aliphatic heterocycles. The van der Waals surface area contributed by atoms with Crippen LogP contribution in [-0.4, -0.2) is 48.7 Å². The molecule has 2 saturated heterocycles. The van der Waals surface area contributed by atoms with Gasteiger partial charge in [0.2, 0.25) is 0 Å². The Morgan fingerprint density at radius 2 is 2.00 bits per heavy atom. The highest BCUT2D eigenvalue weighted by molar-refractivity contribution is 8.01. The Hall–Kier alpha value is -2.48. The second-order valence-corrected chi connectivity index (χ2v) is 9.64. The topological polar surface area (TPSA) is 95.7 Å². The van der Waals surface area contributed by atoms with E-state index in [0.717, 1.165) is 11.3 Å². The summed E-state index contributed by atoms with van der Waals surface area (Å²) in [6, 6.07) is 8.76. The summed E-state index contributed by atoms with van der Waals surface area (Å²) in [5, 5.41) is 16.9. The minimum Gasteiger partial charge on any atom is -0.480 e. The van der Waals surface area contributed by atoms with E-state index < -0.39 is 22.3 Å². The first kappa shape index (κ1) is 18.9. The van der Waals surface area contributed by atoms with Crippen LogP contribution in [0.4, 0.5) is 5.69 Å². The first-order valence-corrected chi connectivity index (χ1v) is 10.1. The van der Waals surface area contributed by atoms with Crippen LogP contribution in [0.1, 0.15) is 33.4 Å². The summed E-state index contributed by atoms with van der Waals surface area (Å²) < 4.78 is 5.02. The predicted molar refractivity (Wildman–Crippen MR) is 107 cm³/mol. The lowest BCUT2D eigenvalue weighted by molar-refractivity contribution is -0.163. The lowest BCUT2D eigenvalue weighted by atomic mass is 9.85. The molecule has 0 radical (unpaired) electrons. The number of nitrogens with one attached hydrogen (secondary N) is 1. The molecule has 1 aromatic heterocycles. The number of carboxylic acids is 1. The second kappa shape index (κ2) is 6.27. The summed E-state index contributed by atoms with van der Waals surface area (Å²) in [5.74, 6) is -0.605. The van der Waals surface area contributed by atoms with Crippen molar-refractivity contribution in [1.82, 2.24) is 10.1 Å². The zero-order chi connectivity index (χ0) is 20.3. The van der Waals surface area contributed by atoms with E-state index in [1.807, 2.05) is 58.0 Å².